The molecular weight excluding hydrogens is 449 g/mol. The number of nitrogens with one attached hydrogen (secondary N) is 1. The van der Waals surface area contributed by atoms with Crippen LogP contribution < -0.4 is 5.32 Å². The van der Waals surface area contributed by atoms with E-state index in [9.17, 15) is 9.90 Å². The van der Waals surface area contributed by atoms with Crippen molar-refractivity contribution in [1.82, 2.24) is 5.32 Å². The van der Waals surface area contributed by atoms with Gasteiger partial charge in [0, 0.05) is 7.11 Å². The second-order valence-corrected chi connectivity index (χ2v) is 10.2. The summed E-state index contributed by atoms with van der Waals surface area (Å²) in [5.74, 6) is -0.775. The number of carbonyl (C=O) groups is 1. The summed E-state index contributed by atoms with van der Waals surface area (Å²) >= 11 is 16.8. The van der Waals surface area contributed by atoms with Crippen molar-refractivity contribution < 1.29 is 19.4 Å². The lowest BCUT2D eigenvalue weighted by atomic mass is 10.0. The molecule has 0 saturated carbocycles. The molecule has 0 heterocycles. The zero-order chi connectivity index (χ0) is 22.7. The Morgan fingerprint density at radius 2 is 1.37 bits per heavy atom. The fraction of sp³-hybridized carbons (Fsp3) is 0.955. The number of aliphatic hydroxyl groups excluding tert-OH is 1. The molecule has 0 fully saturated rings. The number of rotatable bonds is 20. The van der Waals surface area contributed by atoms with Gasteiger partial charge in [0.15, 0.2) is 0 Å². The van der Waals surface area contributed by atoms with Crippen LogP contribution in [-0.2, 0) is 14.3 Å². The third-order valence-corrected chi connectivity index (χ3v) is 5.73. The van der Waals surface area contributed by atoms with Crippen LogP contribution in [0.3, 0.4) is 0 Å². The summed E-state index contributed by atoms with van der Waals surface area (Å²) < 4.78 is 8.53. The molecule has 180 valence electrons. The van der Waals surface area contributed by atoms with Crippen LogP contribution in [0.5, 0.6) is 0 Å². The van der Waals surface area contributed by atoms with Gasteiger partial charge in [-0.3, -0.25) is 4.79 Å². The molecule has 1 amide bonds. The molecule has 0 saturated heterocycles. The van der Waals surface area contributed by atoms with Crippen LogP contribution in [0.15, 0.2) is 0 Å². The molecule has 0 unspecified atom stereocenters. The molecule has 0 aromatic heterocycles. The Hall–Kier alpha value is 0.220. The lowest BCUT2D eigenvalue weighted by molar-refractivity contribution is -0.126. The molecule has 2 atom stereocenters. The third kappa shape index (κ3) is 16.9. The molecule has 0 rings (SSSR count). The second kappa shape index (κ2) is 19.9. The van der Waals surface area contributed by atoms with E-state index in [-0.39, 0.29) is 13.4 Å². The highest BCUT2D eigenvalue weighted by molar-refractivity contribution is 6.76. The minimum Gasteiger partial charge on any atom is -0.394 e. The summed E-state index contributed by atoms with van der Waals surface area (Å²) in [7, 11) is 1.52. The zero-order valence-corrected chi connectivity index (χ0v) is 21.0. The average molecular weight is 491 g/mol. The van der Waals surface area contributed by atoms with Crippen LogP contribution in [0.4, 0.5) is 0 Å². The first-order valence-electron chi connectivity index (χ1n) is 11.5. The lowest BCUT2D eigenvalue weighted by Crippen LogP contribution is -2.50. The largest absolute Gasteiger partial charge is 0.394 e. The van der Waals surface area contributed by atoms with Gasteiger partial charge in [0.25, 0.3) is 9.70 Å². The highest BCUT2D eigenvalue weighted by atomic mass is 35.6. The second-order valence-electron chi connectivity index (χ2n) is 7.90. The van der Waals surface area contributed by atoms with Gasteiger partial charge in [-0.25, -0.2) is 0 Å². The molecule has 5 nitrogen and oxygen atoms in total. The van der Waals surface area contributed by atoms with Crippen LogP contribution in [0.2, 0.25) is 0 Å². The van der Waals surface area contributed by atoms with E-state index in [1.165, 1.54) is 77.7 Å². The van der Waals surface area contributed by atoms with Crippen molar-refractivity contribution in [3.8, 4) is 0 Å². The van der Waals surface area contributed by atoms with E-state index in [1.807, 2.05) is 0 Å². The highest BCUT2D eigenvalue weighted by Gasteiger charge is 2.34. The van der Waals surface area contributed by atoms with Crippen molar-refractivity contribution in [1.29, 1.82) is 0 Å². The Morgan fingerprint density at radius 3 is 1.77 bits per heavy atom. The number of hydrogen-bond donors (Lipinski definition) is 2. The Balaban J connectivity index is 3.97. The number of hydrogen-bond acceptors (Lipinski definition) is 4. The van der Waals surface area contributed by atoms with Crippen LogP contribution in [0.1, 0.15) is 96.8 Å². The van der Waals surface area contributed by atoms with Crippen LogP contribution in [-0.4, -0.2) is 47.5 Å². The fourth-order valence-electron chi connectivity index (χ4n) is 3.43. The molecular formula is C22H42Cl3NO4. The maximum Gasteiger partial charge on any atom is 0.272 e. The van der Waals surface area contributed by atoms with Crippen LogP contribution in [0.25, 0.3) is 0 Å². The van der Waals surface area contributed by atoms with Gasteiger partial charge >= 0.3 is 0 Å². The molecule has 0 aromatic rings. The first kappa shape index (κ1) is 30.2. The molecule has 8 heteroatoms. The number of methoxy groups -OCH3 is 1. The Kier molecular flexibility index (Phi) is 20.0. The van der Waals surface area contributed by atoms with Gasteiger partial charge in [-0.05, 0) is 6.42 Å². The number of aliphatic hydroxyl groups is 1. The Labute approximate surface area is 198 Å². The van der Waals surface area contributed by atoms with Gasteiger partial charge in [-0.2, -0.15) is 0 Å². The summed E-state index contributed by atoms with van der Waals surface area (Å²) in [5.41, 5.74) is 0. The zero-order valence-electron chi connectivity index (χ0n) is 18.8. The number of ether oxygens (including phenoxy) is 2. The molecule has 0 bridgehead atoms. The van der Waals surface area contributed by atoms with E-state index in [0.29, 0.717) is 6.42 Å². The molecule has 0 aromatic carbocycles. The van der Waals surface area contributed by atoms with E-state index in [1.54, 1.807) is 0 Å². The first-order valence-corrected chi connectivity index (χ1v) is 12.6. The standard InChI is InChI=1S/C22H42Cl3NO4/c1-3-4-5-6-7-8-9-10-11-12-13-14-15-16-20(30-18-29-2)19(17-27)26-21(28)22(23,24)25/h19-20,27H,3-18H2,1-2H3,(H,26,28)/t19-,20+/m0/s1. The normalized spacial score (nSPS) is 13.9. The monoisotopic (exact) mass is 489 g/mol. The van der Waals surface area contributed by atoms with E-state index in [4.69, 9.17) is 44.3 Å². The molecule has 2 N–H and O–H groups in total. The van der Waals surface area contributed by atoms with Crippen molar-refractivity contribution in [3.05, 3.63) is 0 Å². The number of carbonyl (C=O) groups excluding carboxylic acids is 1. The van der Waals surface area contributed by atoms with Gasteiger partial charge in [-0.15, -0.1) is 0 Å². The molecule has 0 aliphatic carbocycles. The Bertz CT molecular complexity index is 408. The maximum absolute atomic E-state index is 11.9. The fourth-order valence-corrected chi connectivity index (χ4v) is 3.59. The van der Waals surface area contributed by atoms with Crippen molar-refractivity contribution in [3.63, 3.8) is 0 Å². The average Bonchev–Trinajstić information content (AvgIpc) is 2.71. The van der Waals surface area contributed by atoms with Gasteiger partial charge < -0.3 is 19.9 Å². The van der Waals surface area contributed by atoms with Crippen molar-refractivity contribution >= 4 is 40.7 Å². The Morgan fingerprint density at radius 1 is 0.900 bits per heavy atom. The summed E-state index contributed by atoms with van der Waals surface area (Å²) in [6, 6.07) is -0.652. The summed E-state index contributed by atoms with van der Waals surface area (Å²) in [5, 5.41) is 12.2. The minimum absolute atomic E-state index is 0.0727. The van der Waals surface area contributed by atoms with Gasteiger partial charge in [0.1, 0.15) is 6.79 Å². The summed E-state index contributed by atoms with van der Waals surface area (Å²) in [6.07, 6.45) is 16.9. The van der Waals surface area contributed by atoms with Crippen molar-refractivity contribution in [2.75, 3.05) is 20.5 Å². The van der Waals surface area contributed by atoms with E-state index in [2.05, 4.69) is 12.2 Å². The number of halogens is 3. The van der Waals surface area contributed by atoms with Crippen LogP contribution in [0, 0.1) is 0 Å². The minimum atomic E-state index is -2.07. The van der Waals surface area contributed by atoms with E-state index in [0.717, 1.165) is 12.8 Å². The van der Waals surface area contributed by atoms with Crippen LogP contribution >= 0.6 is 34.8 Å². The molecule has 0 aliphatic rings. The molecule has 0 aliphatic heterocycles. The SMILES string of the molecule is CCCCCCCCCCCCCCC[C@@H](OCOC)[C@H](CO)NC(=O)C(Cl)(Cl)Cl. The van der Waals surface area contributed by atoms with E-state index >= 15 is 0 Å². The molecule has 30 heavy (non-hydrogen) atoms. The van der Waals surface area contributed by atoms with Gasteiger partial charge in [0.2, 0.25) is 0 Å². The smallest absolute Gasteiger partial charge is 0.272 e. The summed E-state index contributed by atoms with van der Waals surface area (Å²) in [4.78, 5) is 11.9. The topological polar surface area (TPSA) is 67.8 Å². The van der Waals surface area contributed by atoms with Crippen molar-refractivity contribution in [2.45, 2.75) is 113 Å². The summed E-state index contributed by atoms with van der Waals surface area (Å²) in [6.45, 7) is 2.02. The quantitative estimate of drug-likeness (QED) is 0.119. The van der Waals surface area contributed by atoms with Gasteiger partial charge in [-0.1, -0.05) is 125 Å². The highest BCUT2D eigenvalue weighted by Crippen LogP contribution is 2.26. The molecule has 0 radical (unpaired) electrons. The third-order valence-electron chi connectivity index (χ3n) is 5.21. The van der Waals surface area contributed by atoms with E-state index < -0.39 is 21.8 Å². The number of amides is 1. The molecule has 0 spiro atoms. The first-order chi connectivity index (χ1) is 14.4. The number of alkyl halides is 3. The predicted molar refractivity (Wildman–Crippen MR) is 126 cm³/mol. The maximum atomic E-state index is 11.9. The lowest BCUT2D eigenvalue weighted by Gasteiger charge is -2.27. The predicted octanol–water partition coefficient (Wildman–Crippen LogP) is 6.30. The number of unbranched alkanes of at least 4 members (excludes halogenated alkanes) is 12. The van der Waals surface area contributed by atoms with Gasteiger partial charge in [0.05, 0.1) is 18.8 Å². The van der Waals surface area contributed by atoms with Crippen molar-refractivity contribution in [2.24, 2.45) is 0 Å².